The Bertz CT molecular complexity index is 1500. The summed E-state index contributed by atoms with van der Waals surface area (Å²) in [7, 11) is 0. The second-order valence-corrected chi connectivity index (χ2v) is 9.76. The molecule has 38 heavy (non-hydrogen) atoms. The molecule has 0 aliphatic heterocycles. The van der Waals surface area contributed by atoms with Gasteiger partial charge in [-0.05, 0) is 85.2 Å². The Morgan fingerprint density at radius 3 is 2.76 bits per heavy atom. The lowest BCUT2D eigenvalue weighted by atomic mass is 9.87. The van der Waals surface area contributed by atoms with Crippen LogP contribution in [-0.2, 0) is 16.0 Å². The molecule has 6 heteroatoms. The smallest absolute Gasteiger partial charge is 0.303 e. The molecule has 0 spiro atoms. The predicted molar refractivity (Wildman–Crippen MR) is 151 cm³/mol. The first-order chi connectivity index (χ1) is 18.5. The molecule has 0 radical (unpaired) electrons. The lowest BCUT2D eigenvalue weighted by Gasteiger charge is -2.27. The number of carbonyl (C=O) groups excluding carboxylic acids is 1. The van der Waals surface area contributed by atoms with E-state index in [1.54, 1.807) is 18.2 Å². The Balaban J connectivity index is 1.30. The summed E-state index contributed by atoms with van der Waals surface area (Å²) in [6.07, 6.45) is 7.67. The topological polar surface area (TPSA) is 80.6 Å². The van der Waals surface area contributed by atoms with Gasteiger partial charge in [0.1, 0.15) is 5.75 Å². The number of hydrogen-bond donors (Lipinski definition) is 2. The molecule has 1 aliphatic rings. The predicted octanol–water partition coefficient (Wildman–Crippen LogP) is 6.85. The molecule has 6 nitrogen and oxygen atoms in total. The zero-order chi connectivity index (χ0) is 26.5. The summed E-state index contributed by atoms with van der Waals surface area (Å²) in [6, 6.07) is 24.8. The second kappa shape index (κ2) is 11.4. The summed E-state index contributed by atoms with van der Waals surface area (Å²) >= 11 is 0. The SMILES string of the molecule is C/C(=C\C(=O)Nc1ccccc1OCCCC(=O)O)c1ccc2c(ccn2C2CCCc3ccccc32)c1. The number of nitrogens with zero attached hydrogens (tertiary/aromatic N) is 1. The van der Waals surface area contributed by atoms with E-state index in [1.165, 1.54) is 23.1 Å². The van der Waals surface area contributed by atoms with Crippen LogP contribution in [0.5, 0.6) is 5.75 Å². The highest BCUT2D eigenvalue weighted by atomic mass is 16.5. The van der Waals surface area contributed by atoms with Gasteiger partial charge in [0.05, 0.1) is 18.3 Å². The van der Waals surface area contributed by atoms with E-state index >= 15 is 0 Å². The molecule has 5 rings (SSSR count). The van der Waals surface area contributed by atoms with Gasteiger partial charge in [-0.25, -0.2) is 0 Å². The van der Waals surface area contributed by atoms with Crippen LogP contribution in [0.4, 0.5) is 5.69 Å². The number of anilines is 1. The fraction of sp³-hybridized carbons (Fsp3) is 0.250. The van der Waals surface area contributed by atoms with E-state index in [1.807, 2.05) is 19.1 Å². The van der Waals surface area contributed by atoms with Crippen LogP contribution in [0, 0.1) is 0 Å². The van der Waals surface area contributed by atoms with Crippen LogP contribution in [0.25, 0.3) is 16.5 Å². The first-order valence-electron chi connectivity index (χ1n) is 13.1. The van der Waals surface area contributed by atoms with Crippen LogP contribution >= 0.6 is 0 Å². The third kappa shape index (κ3) is 5.65. The largest absolute Gasteiger partial charge is 0.491 e. The van der Waals surface area contributed by atoms with Crippen LogP contribution in [0.2, 0.25) is 0 Å². The zero-order valence-corrected chi connectivity index (χ0v) is 21.5. The number of carboxylic acid groups (broad SMARTS) is 1. The molecule has 1 atom stereocenters. The number of aryl methyl sites for hydroxylation is 1. The van der Waals surface area contributed by atoms with Gasteiger partial charge in [0.25, 0.3) is 0 Å². The molecule has 2 N–H and O–H groups in total. The first-order valence-corrected chi connectivity index (χ1v) is 13.1. The lowest BCUT2D eigenvalue weighted by Crippen LogP contribution is -2.16. The fourth-order valence-electron chi connectivity index (χ4n) is 5.25. The standard InChI is InChI=1S/C32H32N2O4/c1-22(20-31(35)33-27-11-4-5-13-30(27)38-19-7-14-32(36)37)24-15-16-28-25(21-24)17-18-34(28)29-12-6-9-23-8-2-3-10-26(23)29/h2-5,8,10-11,13,15-18,20-21,29H,6-7,9,12,14,19H2,1H3,(H,33,35)(H,36,37)/b22-20+. The molecule has 1 aromatic heterocycles. The van der Waals surface area contributed by atoms with E-state index in [-0.39, 0.29) is 18.9 Å². The average molecular weight is 509 g/mol. The van der Waals surface area contributed by atoms with E-state index in [4.69, 9.17) is 9.84 Å². The summed E-state index contributed by atoms with van der Waals surface area (Å²) in [4.78, 5) is 23.5. The Morgan fingerprint density at radius 2 is 1.89 bits per heavy atom. The first kappa shape index (κ1) is 25.3. The number of allylic oxidation sites excluding steroid dienone is 1. The molecule has 0 fully saturated rings. The Labute approximate surface area is 222 Å². The highest BCUT2D eigenvalue weighted by Gasteiger charge is 2.22. The maximum absolute atomic E-state index is 12.8. The van der Waals surface area contributed by atoms with Gasteiger partial charge >= 0.3 is 5.97 Å². The van der Waals surface area contributed by atoms with Crippen molar-refractivity contribution in [3.63, 3.8) is 0 Å². The van der Waals surface area contributed by atoms with Crippen molar-refractivity contribution in [2.75, 3.05) is 11.9 Å². The number of carbonyl (C=O) groups is 2. The van der Waals surface area contributed by atoms with E-state index in [0.717, 1.165) is 29.4 Å². The van der Waals surface area contributed by atoms with Crippen molar-refractivity contribution in [1.82, 2.24) is 4.57 Å². The number of aliphatic carboxylic acids is 1. The van der Waals surface area contributed by atoms with Gasteiger partial charge in [-0.3, -0.25) is 9.59 Å². The summed E-state index contributed by atoms with van der Waals surface area (Å²) in [6.45, 7) is 2.20. The molecule has 3 aromatic carbocycles. The number of rotatable bonds is 9. The van der Waals surface area contributed by atoms with E-state index in [9.17, 15) is 9.59 Å². The average Bonchev–Trinajstić information content (AvgIpc) is 3.34. The molecular weight excluding hydrogens is 476 g/mol. The van der Waals surface area contributed by atoms with Crippen LogP contribution in [0.1, 0.15) is 55.3 Å². The summed E-state index contributed by atoms with van der Waals surface area (Å²) < 4.78 is 8.08. The molecule has 1 amide bonds. The van der Waals surface area contributed by atoms with E-state index < -0.39 is 5.97 Å². The maximum Gasteiger partial charge on any atom is 0.303 e. The molecular formula is C32H32N2O4. The van der Waals surface area contributed by atoms with Crippen LogP contribution < -0.4 is 10.1 Å². The Kier molecular flexibility index (Phi) is 7.59. The maximum atomic E-state index is 12.8. The molecule has 0 saturated carbocycles. The zero-order valence-electron chi connectivity index (χ0n) is 21.5. The van der Waals surface area contributed by atoms with Gasteiger partial charge in [0.2, 0.25) is 5.91 Å². The fourth-order valence-corrected chi connectivity index (χ4v) is 5.25. The molecule has 194 valence electrons. The van der Waals surface area contributed by atoms with Crippen molar-refractivity contribution in [3.8, 4) is 5.75 Å². The number of amides is 1. The number of nitrogens with one attached hydrogen (secondary N) is 1. The summed E-state index contributed by atoms with van der Waals surface area (Å²) in [5.74, 6) is -0.588. The van der Waals surface area contributed by atoms with Crippen LogP contribution in [0.3, 0.4) is 0 Å². The van der Waals surface area contributed by atoms with Crippen molar-refractivity contribution in [1.29, 1.82) is 0 Å². The second-order valence-electron chi connectivity index (χ2n) is 9.76. The monoisotopic (exact) mass is 508 g/mol. The molecule has 1 unspecified atom stereocenters. The Hall–Kier alpha value is -4.32. The van der Waals surface area contributed by atoms with Crippen molar-refractivity contribution in [3.05, 3.63) is 102 Å². The minimum atomic E-state index is -0.857. The third-order valence-electron chi connectivity index (χ3n) is 7.13. The van der Waals surface area contributed by atoms with Gasteiger partial charge < -0.3 is 19.7 Å². The molecule has 0 saturated heterocycles. The minimum Gasteiger partial charge on any atom is -0.491 e. The highest BCUT2D eigenvalue weighted by molar-refractivity contribution is 6.04. The Morgan fingerprint density at radius 1 is 1.08 bits per heavy atom. The van der Waals surface area contributed by atoms with Crippen LogP contribution in [-0.4, -0.2) is 28.2 Å². The molecule has 1 aliphatic carbocycles. The van der Waals surface area contributed by atoms with Crippen molar-refractivity contribution in [2.45, 2.75) is 45.1 Å². The minimum absolute atomic E-state index is 0.0398. The summed E-state index contributed by atoms with van der Waals surface area (Å²) in [5, 5.41) is 12.8. The molecule has 1 heterocycles. The quantitative estimate of drug-likeness (QED) is 0.191. The number of fused-ring (bicyclic) bond motifs is 2. The number of aromatic nitrogens is 1. The van der Waals surface area contributed by atoms with Gasteiger partial charge in [0, 0.05) is 29.6 Å². The molecule has 4 aromatic rings. The third-order valence-corrected chi connectivity index (χ3v) is 7.13. The number of ether oxygens (including phenoxy) is 1. The van der Waals surface area contributed by atoms with Gasteiger partial charge in [-0.2, -0.15) is 0 Å². The van der Waals surface area contributed by atoms with Crippen molar-refractivity contribution in [2.24, 2.45) is 0 Å². The number of carboxylic acids is 1. The van der Waals surface area contributed by atoms with Gasteiger partial charge in [-0.15, -0.1) is 0 Å². The van der Waals surface area contributed by atoms with Crippen molar-refractivity contribution < 1.29 is 19.4 Å². The van der Waals surface area contributed by atoms with Gasteiger partial charge in [0.15, 0.2) is 0 Å². The summed E-state index contributed by atoms with van der Waals surface area (Å²) in [5.41, 5.74) is 6.46. The highest BCUT2D eigenvalue weighted by Crippen LogP contribution is 2.36. The van der Waals surface area contributed by atoms with E-state index in [0.29, 0.717) is 23.9 Å². The van der Waals surface area contributed by atoms with E-state index in [2.05, 4.69) is 64.6 Å². The lowest BCUT2D eigenvalue weighted by molar-refractivity contribution is -0.137. The van der Waals surface area contributed by atoms with Gasteiger partial charge in [-0.1, -0.05) is 42.5 Å². The van der Waals surface area contributed by atoms with Crippen molar-refractivity contribution >= 4 is 34.0 Å². The number of para-hydroxylation sites is 2. The number of hydrogen-bond acceptors (Lipinski definition) is 3. The normalized spacial score (nSPS) is 15.2. The number of benzene rings is 3. The van der Waals surface area contributed by atoms with Crippen LogP contribution in [0.15, 0.2) is 85.1 Å². The molecule has 0 bridgehead atoms.